The van der Waals surface area contributed by atoms with Crippen molar-refractivity contribution in [3.05, 3.63) is 63.9 Å². The predicted molar refractivity (Wildman–Crippen MR) is 125 cm³/mol. The van der Waals surface area contributed by atoms with Crippen molar-refractivity contribution in [2.24, 2.45) is 0 Å². The third-order valence-corrected chi connectivity index (χ3v) is 5.73. The summed E-state index contributed by atoms with van der Waals surface area (Å²) in [6.45, 7) is 4.44. The van der Waals surface area contributed by atoms with Gasteiger partial charge in [-0.15, -0.1) is 10.2 Å². The van der Waals surface area contributed by atoms with E-state index < -0.39 is 0 Å². The number of hydrogen-bond acceptors (Lipinski definition) is 5. The van der Waals surface area contributed by atoms with Crippen LogP contribution >= 0.6 is 35.0 Å². The normalized spacial score (nSPS) is 10.7. The number of anilines is 2. The van der Waals surface area contributed by atoms with Crippen molar-refractivity contribution in [1.29, 1.82) is 0 Å². The molecule has 1 heterocycles. The van der Waals surface area contributed by atoms with Gasteiger partial charge < -0.3 is 15.2 Å². The number of para-hydroxylation sites is 1. The van der Waals surface area contributed by atoms with Crippen molar-refractivity contribution in [1.82, 2.24) is 14.8 Å². The maximum atomic E-state index is 12.5. The number of carbonyl (C=O) groups is 2. The molecule has 0 aliphatic carbocycles. The fraction of sp³-hybridized carbons (Fsp3) is 0.238. The second-order valence-corrected chi connectivity index (χ2v) is 8.49. The summed E-state index contributed by atoms with van der Waals surface area (Å²) in [6, 6.07) is 12.4. The summed E-state index contributed by atoms with van der Waals surface area (Å²) in [7, 11) is 0. The molecular weight excluding hydrogens is 457 g/mol. The van der Waals surface area contributed by atoms with Gasteiger partial charge in [0, 0.05) is 28.0 Å². The minimum atomic E-state index is -0.229. The maximum Gasteiger partial charge on any atom is 0.234 e. The summed E-state index contributed by atoms with van der Waals surface area (Å²) in [6.07, 6.45) is 0.0863. The van der Waals surface area contributed by atoms with Crippen LogP contribution in [0.5, 0.6) is 0 Å². The average Bonchev–Trinajstić information content (AvgIpc) is 3.08. The van der Waals surface area contributed by atoms with Crippen LogP contribution in [0.2, 0.25) is 10.0 Å². The number of nitrogens with one attached hydrogen (secondary N) is 2. The van der Waals surface area contributed by atoms with Crippen molar-refractivity contribution < 1.29 is 9.59 Å². The van der Waals surface area contributed by atoms with Crippen LogP contribution in [0.3, 0.4) is 0 Å². The number of aromatic nitrogens is 3. The molecule has 31 heavy (non-hydrogen) atoms. The number of carbonyl (C=O) groups excluding carboxylic acids is 2. The van der Waals surface area contributed by atoms with Crippen LogP contribution in [0.25, 0.3) is 0 Å². The standard InChI is InChI=1S/C21H21Cl2N5O2S/c1-3-28-18(11-19(29)25-17-7-5-4-6-13(17)2)26-27-21(28)31-12-20(30)24-16-9-14(22)8-15(23)10-16/h4-10H,3,11-12H2,1-2H3,(H,24,30)(H,25,29). The number of thioether (sulfide) groups is 1. The second kappa shape index (κ2) is 10.7. The lowest BCUT2D eigenvalue weighted by Crippen LogP contribution is -2.18. The van der Waals surface area contributed by atoms with Crippen molar-refractivity contribution in [3.8, 4) is 0 Å². The second-order valence-electron chi connectivity index (χ2n) is 6.68. The van der Waals surface area contributed by atoms with Gasteiger partial charge >= 0.3 is 0 Å². The highest BCUT2D eigenvalue weighted by Gasteiger charge is 2.16. The zero-order valence-electron chi connectivity index (χ0n) is 17.0. The van der Waals surface area contributed by atoms with E-state index in [2.05, 4.69) is 20.8 Å². The molecule has 10 heteroatoms. The van der Waals surface area contributed by atoms with E-state index >= 15 is 0 Å². The molecule has 7 nitrogen and oxygen atoms in total. The number of halogens is 2. The minimum absolute atomic E-state index is 0.0863. The third-order valence-electron chi connectivity index (χ3n) is 4.33. The molecule has 0 bridgehead atoms. The van der Waals surface area contributed by atoms with Crippen molar-refractivity contribution >= 4 is 58.2 Å². The Morgan fingerprint density at radius 1 is 1.03 bits per heavy atom. The first-order valence-electron chi connectivity index (χ1n) is 9.52. The number of aryl methyl sites for hydroxylation is 1. The monoisotopic (exact) mass is 477 g/mol. The molecule has 2 N–H and O–H groups in total. The number of benzene rings is 2. The van der Waals surface area contributed by atoms with E-state index in [-0.39, 0.29) is 24.0 Å². The van der Waals surface area contributed by atoms with E-state index in [1.165, 1.54) is 11.8 Å². The molecule has 0 spiro atoms. The molecule has 0 fully saturated rings. The fourth-order valence-corrected chi connectivity index (χ4v) is 4.23. The number of nitrogens with zero attached hydrogens (tertiary/aromatic N) is 3. The molecule has 1 aromatic heterocycles. The molecule has 0 atom stereocenters. The van der Waals surface area contributed by atoms with Gasteiger partial charge in [-0.25, -0.2) is 0 Å². The summed E-state index contributed by atoms with van der Waals surface area (Å²) < 4.78 is 1.83. The zero-order valence-corrected chi connectivity index (χ0v) is 19.3. The van der Waals surface area contributed by atoms with Gasteiger partial charge in [0.2, 0.25) is 11.8 Å². The number of rotatable bonds is 8. The molecule has 0 aliphatic heterocycles. The average molecular weight is 478 g/mol. The van der Waals surface area contributed by atoms with Gasteiger partial charge in [0.15, 0.2) is 5.16 Å². The Bertz CT molecular complexity index is 1080. The minimum Gasteiger partial charge on any atom is -0.325 e. The van der Waals surface area contributed by atoms with Gasteiger partial charge in [0.1, 0.15) is 5.82 Å². The van der Waals surface area contributed by atoms with Crippen LogP contribution in [0, 0.1) is 6.92 Å². The Hall–Kier alpha value is -2.55. The Kier molecular flexibility index (Phi) is 7.95. The summed E-state index contributed by atoms with van der Waals surface area (Å²) >= 11 is 13.2. The summed E-state index contributed by atoms with van der Waals surface area (Å²) in [5, 5.41) is 15.4. The van der Waals surface area contributed by atoms with Gasteiger partial charge in [-0.05, 0) is 43.7 Å². The Morgan fingerprint density at radius 3 is 2.42 bits per heavy atom. The first kappa shape index (κ1) is 23.1. The predicted octanol–water partition coefficient (Wildman–Crippen LogP) is 4.83. The van der Waals surface area contributed by atoms with Crippen molar-refractivity contribution in [3.63, 3.8) is 0 Å². The van der Waals surface area contributed by atoms with Crippen molar-refractivity contribution in [2.45, 2.75) is 32.0 Å². The van der Waals surface area contributed by atoms with Crippen LogP contribution < -0.4 is 10.6 Å². The molecule has 0 radical (unpaired) electrons. The highest BCUT2D eigenvalue weighted by molar-refractivity contribution is 7.99. The Morgan fingerprint density at radius 2 is 1.74 bits per heavy atom. The lowest BCUT2D eigenvalue weighted by atomic mass is 10.2. The topological polar surface area (TPSA) is 88.9 Å². The lowest BCUT2D eigenvalue weighted by Gasteiger charge is -2.10. The first-order chi connectivity index (χ1) is 14.9. The summed E-state index contributed by atoms with van der Waals surface area (Å²) in [5.74, 6) is 0.256. The van der Waals surface area contributed by atoms with Crippen LogP contribution in [0.4, 0.5) is 11.4 Å². The van der Waals surface area contributed by atoms with E-state index in [9.17, 15) is 9.59 Å². The van der Waals surface area contributed by atoms with Crippen LogP contribution in [-0.4, -0.2) is 32.3 Å². The third kappa shape index (κ3) is 6.46. The van der Waals surface area contributed by atoms with Gasteiger partial charge in [-0.3, -0.25) is 9.59 Å². The van der Waals surface area contributed by atoms with E-state index in [4.69, 9.17) is 23.2 Å². The lowest BCUT2D eigenvalue weighted by molar-refractivity contribution is -0.116. The van der Waals surface area contributed by atoms with E-state index in [0.29, 0.717) is 33.3 Å². The zero-order chi connectivity index (χ0) is 22.4. The molecule has 3 aromatic rings. The molecule has 0 unspecified atom stereocenters. The molecule has 0 saturated carbocycles. The van der Waals surface area contributed by atoms with Crippen LogP contribution in [-0.2, 0) is 22.6 Å². The smallest absolute Gasteiger partial charge is 0.234 e. The van der Waals surface area contributed by atoms with Gasteiger partial charge in [-0.2, -0.15) is 0 Å². The molecular formula is C21H21Cl2N5O2S. The largest absolute Gasteiger partial charge is 0.325 e. The highest BCUT2D eigenvalue weighted by atomic mass is 35.5. The first-order valence-corrected chi connectivity index (χ1v) is 11.3. The molecule has 2 aromatic carbocycles. The number of hydrogen-bond donors (Lipinski definition) is 2. The molecule has 3 rings (SSSR count). The molecule has 0 aliphatic rings. The quantitative estimate of drug-likeness (QED) is 0.453. The highest BCUT2D eigenvalue weighted by Crippen LogP contribution is 2.23. The fourth-order valence-electron chi connectivity index (χ4n) is 2.88. The molecule has 2 amide bonds. The van der Waals surface area contributed by atoms with E-state index in [1.807, 2.05) is 42.7 Å². The van der Waals surface area contributed by atoms with Gasteiger partial charge in [-0.1, -0.05) is 53.2 Å². The van der Waals surface area contributed by atoms with Crippen molar-refractivity contribution in [2.75, 3.05) is 16.4 Å². The Balaban J connectivity index is 1.59. The Labute approximate surface area is 194 Å². The molecule has 162 valence electrons. The van der Waals surface area contributed by atoms with Gasteiger partial charge in [0.05, 0.1) is 12.2 Å². The van der Waals surface area contributed by atoms with Crippen LogP contribution in [0.15, 0.2) is 47.6 Å². The summed E-state index contributed by atoms with van der Waals surface area (Å²) in [5.41, 5.74) is 2.27. The number of amides is 2. The van der Waals surface area contributed by atoms with E-state index in [1.54, 1.807) is 18.2 Å². The van der Waals surface area contributed by atoms with Gasteiger partial charge in [0.25, 0.3) is 0 Å². The van der Waals surface area contributed by atoms with Crippen LogP contribution in [0.1, 0.15) is 18.3 Å². The maximum absolute atomic E-state index is 12.5. The molecule has 0 saturated heterocycles. The van der Waals surface area contributed by atoms with E-state index in [0.717, 1.165) is 11.3 Å². The summed E-state index contributed by atoms with van der Waals surface area (Å²) in [4.78, 5) is 24.7. The SMILES string of the molecule is CCn1c(CC(=O)Nc2ccccc2C)nnc1SCC(=O)Nc1cc(Cl)cc(Cl)c1.